The molecule has 9 nitrogen and oxygen atoms in total. The van der Waals surface area contributed by atoms with E-state index in [1.54, 1.807) is 30.3 Å². The summed E-state index contributed by atoms with van der Waals surface area (Å²) >= 11 is 3.31. The Morgan fingerprint density at radius 2 is 2.10 bits per heavy atom. The monoisotopic (exact) mass is 462 g/mol. The number of nitrogens with zero attached hydrogens (tertiary/aromatic N) is 4. The number of allylic oxidation sites excluding steroid dienone is 1. The molecule has 0 bridgehead atoms. The average Bonchev–Trinajstić information content (AvgIpc) is 3.20. The van der Waals surface area contributed by atoms with Gasteiger partial charge in [-0.3, -0.25) is 20.0 Å². The predicted octanol–water partition coefficient (Wildman–Crippen LogP) is 4.05. The van der Waals surface area contributed by atoms with Crippen LogP contribution in [-0.2, 0) is 0 Å². The van der Waals surface area contributed by atoms with Gasteiger partial charge in [-0.1, -0.05) is 28.1 Å². The van der Waals surface area contributed by atoms with Gasteiger partial charge in [0.05, 0.1) is 33.3 Å². The molecule has 0 aliphatic rings. The van der Waals surface area contributed by atoms with E-state index in [9.17, 15) is 20.2 Å². The Hall–Kier alpha value is -4.10. The number of benzene rings is 2. The number of H-pyrrole nitrogens is 2. The molecule has 0 atom stereocenters. The smallest absolute Gasteiger partial charge is 0.270 e. The molecular weight excluding hydrogens is 452 g/mol. The molecule has 0 amide bonds. The van der Waals surface area contributed by atoms with Crippen LogP contribution in [-0.4, -0.2) is 25.1 Å². The van der Waals surface area contributed by atoms with Crippen molar-refractivity contribution in [3.8, 4) is 17.3 Å². The van der Waals surface area contributed by atoms with E-state index in [1.165, 1.54) is 24.4 Å². The number of hydrogen-bond acceptors (Lipinski definition) is 6. The molecule has 2 aromatic heterocycles. The molecule has 0 saturated carbocycles. The summed E-state index contributed by atoms with van der Waals surface area (Å²) in [6.07, 6.45) is 3.00. The summed E-state index contributed by atoms with van der Waals surface area (Å²) in [5.41, 5.74) is 1.68. The average molecular weight is 463 g/mol. The summed E-state index contributed by atoms with van der Waals surface area (Å²) in [6.45, 7) is 0. The molecule has 10 heteroatoms. The number of nitrogens with one attached hydrogen (secondary N) is 2. The number of fused-ring (bicyclic) bond motifs is 1. The van der Waals surface area contributed by atoms with Gasteiger partial charge in [0.1, 0.15) is 6.07 Å². The van der Waals surface area contributed by atoms with Gasteiger partial charge in [-0.25, -0.2) is 4.98 Å². The number of nitriles is 1. The number of nitro groups is 1. The second-order valence-corrected chi connectivity index (χ2v) is 7.17. The van der Waals surface area contributed by atoms with Crippen molar-refractivity contribution < 1.29 is 4.92 Å². The van der Waals surface area contributed by atoms with Crippen molar-refractivity contribution >= 4 is 44.2 Å². The zero-order chi connectivity index (χ0) is 21.3. The van der Waals surface area contributed by atoms with Gasteiger partial charge < -0.3 is 4.98 Å². The number of nitro benzene ring substituents is 1. The molecule has 146 valence electrons. The fourth-order valence-corrected chi connectivity index (χ4v) is 3.32. The van der Waals surface area contributed by atoms with E-state index in [2.05, 4.69) is 36.1 Å². The molecule has 2 heterocycles. The summed E-state index contributed by atoms with van der Waals surface area (Å²) < 4.78 is 0.742. The Kier molecular flexibility index (Phi) is 4.95. The maximum atomic E-state index is 12.4. The highest BCUT2D eigenvalue weighted by molar-refractivity contribution is 9.10. The number of hydrogen-bond donors (Lipinski definition) is 2. The summed E-state index contributed by atoms with van der Waals surface area (Å²) in [5, 5.41) is 27.9. The SMILES string of the molecule is N#CC(=Cc1cn[nH]c1-c1cccc([N+](=O)[O-])c1)c1nc2ccc(Br)cc2c(=O)[nH]1. The van der Waals surface area contributed by atoms with Crippen LogP contribution < -0.4 is 5.56 Å². The lowest BCUT2D eigenvalue weighted by Gasteiger charge is -2.04. The first-order valence-corrected chi connectivity index (χ1v) is 9.35. The fraction of sp³-hybridized carbons (Fsp3) is 0. The number of rotatable bonds is 4. The van der Waals surface area contributed by atoms with Crippen LogP contribution in [0.4, 0.5) is 5.69 Å². The Labute approximate surface area is 177 Å². The highest BCUT2D eigenvalue weighted by Crippen LogP contribution is 2.27. The molecule has 0 spiro atoms. The third-order valence-electron chi connectivity index (χ3n) is 4.36. The van der Waals surface area contributed by atoms with Crippen molar-refractivity contribution in [3.63, 3.8) is 0 Å². The second-order valence-electron chi connectivity index (χ2n) is 6.25. The highest BCUT2D eigenvalue weighted by atomic mass is 79.9. The number of halogens is 1. The first-order chi connectivity index (χ1) is 14.5. The van der Waals surface area contributed by atoms with Gasteiger partial charge in [-0.15, -0.1) is 0 Å². The van der Waals surface area contributed by atoms with Crippen LogP contribution in [0.15, 0.2) is 57.9 Å². The fourth-order valence-electron chi connectivity index (χ4n) is 2.96. The standard InChI is InChI=1S/C20H11BrN6O3/c21-14-4-5-17-16(8-14)20(28)25-19(24-17)12(9-22)6-13-10-23-26-18(13)11-2-1-3-15(7-11)27(29)30/h1-8,10H,(H,23,26)(H,24,25,28). The van der Waals surface area contributed by atoms with Gasteiger partial charge in [0.25, 0.3) is 11.2 Å². The molecule has 0 aliphatic carbocycles. The van der Waals surface area contributed by atoms with Gasteiger partial charge in [0.15, 0.2) is 5.82 Å². The van der Waals surface area contributed by atoms with E-state index in [1.807, 2.05) is 6.07 Å². The molecule has 2 N–H and O–H groups in total. The third-order valence-corrected chi connectivity index (χ3v) is 4.85. The van der Waals surface area contributed by atoms with E-state index in [4.69, 9.17) is 0 Å². The Balaban J connectivity index is 1.82. The molecule has 0 radical (unpaired) electrons. The summed E-state index contributed by atoms with van der Waals surface area (Å²) in [5.74, 6) is 0.114. The van der Waals surface area contributed by atoms with Gasteiger partial charge in [0, 0.05) is 27.7 Å². The van der Waals surface area contributed by atoms with Crippen molar-refractivity contribution in [2.45, 2.75) is 0 Å². The Bertz CT molecular complexity index is 1430. The van der Waals surface area contributed by atoms with Crippen LogP contribution in [0.2, 0.25) is 0 Å². The summed E-state index contributed by atoms with van der Waals surface area (Å²) in [7, 11) is 0. The summed E-state index contributed by atoms with van der Waals surface area (Å²) in [6, 6.07) is 13.2. The second kappa shape index (κ2) is 7.73. The van der Waals surface area contributed by atoms with Crippen LogP contribution in [0.1, 0.15) is 11.4 Å². The zero-order valence-corrected chi connectivity index (χ0v) is 16.7. The van der Waals surface area contributed by atoms with E-state index in [0.717, 1.165) is 4.47 Å². The highest BCUT2D eigenvalue weighted by Gasteiger charge is 2.14. The van der Waals surface area contributed by atoms with E-state index >= 15 is 0 Å². The Morgan fingerprint density at radius 3 is 2.87 bits per heavy atom. The lowest BCUT2D eigenvalue weighted by molar-refractivity contribution is -0.384. The van der Waals surface area contributed by atoms with Gasteiger partial charge >= 0.3 is 0 Å². The van der Waals surface area contributed by atoms with Crippen LogP contribution in [0.3, 0.4) is 0 Å². The molecule has 0 saturated heterocycles. The lowest BCUT2D eigenvalue weighted by Crippen LogP contribution is -2.11. The molecule has 0 fully saturated rings. The van der Waals surface area contributed by atoms with Crippen molar-refractivity contribution in [2.75, 3.05) is 0 Å². The predicted molar refractivity (Wildman–Crippen MR) is 114 cm³/mol. The van der Waals surface area contributed by atoms with Crippen molar-refractivity contribution in [1.29, 1.82) is 5.26 Å². The molecule has 4 rings (SSSR count). The number of aromatic amines is 2. The molecule has 2 aromatic carbocycles. The third kappa shape index (κ3) is 3.61. The van der Waals surface area contributed by atoms with Crippen LogP contribution in [0, 0.1) is 21.4 Å². The van der Waals surface area contributed by atoms with E-state index in [-0.39, 0.29) is 22.6 Å². The number of aromatic nitrogens is 4. The molecule has 4 aromatic rings. The van der Waals surface area contributed by atoms with Crippen LogP contribution in [0.25, 0.3) is 33.8 Å². The van der Waals surface area contributed by atoms with Crippen molar-refractivity contribution in [2.24, 2.45) is 0 Å². The summed E-state index contributed by atoms with van der Waals surface area (Å²) in [4.78, 5) is 30.0. The Morgan fingerprint density at radius 1 is 1.27 bits per heavy atom. The maximum Gasteiger partial charge on any atom is 0.270 e. The maximum absolute atomic E-state index is 12.4. The minimum Gasteiger partial charge on any atom is -0.305 e. The van der Waals surface area contributed by atoms with E-state index < -0.39 is 4.92 Å². The topological polar surface area (TPSA) is 141 Å². The van der Waals surface area contributed by atoms with Crippen molar-refractivity contribution in [1.82, 2.24) is 20.2 Å². The zero-order valence-electron chi connectivity index (χ0n) is 15.1. The molecular formula is C20H11BrN6O3. The van der Waals surface area contributed by atoms with E-state index in [0.29, 0.717) is 27.7 Å². The minimum absolute atomic E-state index is 0.0655. The van der Waals surface area contributed by atoms with Gasteiger partial charge in [-0.2, -0.15) is 10.4 Å². The minimum atomic E-state index is -0.488. The number of non-ortho nitro benzene ring substituents is 1. The largest absolute Gasteiger partial charge is 0.305 e. The van der Waals surface area contributed by atoms with Crippen LogP contribution >= 0.6 is 15.9 Å². The lowest BCUT2D eigenvalue weighted by atomic mass is 10.1. The van der Waals surface area contributed by atoms with Gasteiger partial charge in [0.2, 0.25) is 0 Å². The van der Waals surface area contributed by atoms with Gasteiger partial charge in [-0.05, 0) is 24.3 Å². The first kappa shape index (κ1) is 19.2. The molecule has 30 heavy (non-hydrogen) atoms. The van der Waals surface area contributed by atoms with Crippen molar-refractivity contribution in [3.05, 3.63) is 85.0 Å². The normalized spacial score (nSPS) is 11.4. The molecule has 0 unspecified atom stereocenters. The van der Waals surface area contributed by atoms with Crippen LogP contribution in [0.5, 0.6) is 0 Å². The molecule has 0 aliphatic heterocycles. The first-order valence-electron chi connectivity index (χ1n) is 8.56. The quantitative estimate of drug-likeness (QED) is 0.266.